The minimum Gasteiger partial charge on any atom is -0.358 e. The van der Waals surface area contributed by atoms with Crippen molar-refractivity contribution >= 4 is 29.0 Å². The molecule has 1 aliphatic heterocycles. The first kappa shape index (κ1) is 11.6. The summed E-state index contributed by atoms with van der Waals surface area (Å²) in [5, 5.41) is 3.29. The molecule has 1 aromatic carbocycles. The second-order valence-corrected chi connectivity index (χ2v) is 4.69. The fourth-order valence-corrected chi connectivity index (χ4v) is 2.42. The van der Waals surface area contributed by atoms with Crippen LogP contribution in [0.25, 0.3) is 10.9 Å². The average molecular weight is 256 g/mol. The zero-order valence-electron chi connectivity index (χ0n) is 10.1. The van der Waals surface area contributed by atoms with Gasteiger partial charge in [-0.15, -0.1) is 0 Å². The largest absolute Gasteiger partial charge is 0.358 e. The van der Waals surface area contributed by atoms with Crippen LogP contribution in [0.2, 0.25) is 0 Å². The number of rotatable bonds is 2. The Hall–Kier alpha value is -2.43. The molecule has 2 heterocycles. The molecule has 5 nitrogen and oxygen atoms in total. The van der Waals surface area contributed by atoms with Crippen molar-refractivity contribution in [1.82, 2.24) is 10.3 Å². The molecular weight excluding hydrogens is 244 g/mol. The van der Waals surface area contributed by atoms with Gasteiger partial charge < -0.3 is 4.98 Å². The van der Waals surface area contributed by atoms with E-state index in [4.69, 9.17) is 0 Å². The van der Waals surface area contributed by atoms with Crippen molar-refractivity contribution in [2.45, 2.75) is 18.8 Å². The van der Waals surface area contributed by atoms with Crippen LogP contribution >= 0.6 is 0 Å². The molecule has 2 amide bonds. The van der Waals surface area contributed by atoms with Gasteiger partial charge in [-0.25, -0.2) is 0 Å². The summed E-state index contributed by atoms with van der Waals surface area (Å²) >= 11 is 0. The van der Waals surface area contributed by atoms with E-state index in [1.165, 1.54) is 0 Å². The number of hydrogen-bond acceptors (Lipinski definition) is 3. The van der Waals surface area contributed by atoms with Crippen molar-refractivity contribution < 1.29 is 14.4 Å². The fourth-order valence-electron chi connectivity index (χ4n) is 2.42. The third kappa shape index (κ3) is 2.03. The minimum absolute atomic E-state index is 0.222. The second-order valence-electron chi connectivity index (χ2n) is 4.69. The highest BCUT2D eigenvalue weighted by Crippen LogP contribution is 2.27. The van der Waals surface area contributed by atoms with Crippen LogP contribution in [0.1, 0.15) is 34.8 Å². The van der Waals surface area contributed by atoms with Gasteiger partial charge in [0.05, 0.1) is 5.92 Å². The van der Waals surface area contributed by atoms with Gasteiger partial charge in [-0.3, -0.25) is 19.7 Å². The van der Waals surface area contributed by atoms with Crippen LogP contribution in [0.15, 0.2) is 24.3 Å². The van der Waals surface area contributed by atoms with E-state index in [1.807, 2.05) is 12.1 Å². The van der Waals surface area contributed by atoms with Gasteiger partial charge in [0.2, 0.25) is 11.8 Å². The highest BCUT2D eigenvalue weighted by atomic mass is 16.2. The van der Waals surface area contributed by atoms with Crippen LogP contribution < -0.4 is 5.32 Å². The van der Waals surface area contributed by atoms with Gasteiger partial charge in [0, 0.05) is 23.2 Å². The maximum absolute atomic E-state index is 11.8. The molecule has 0 aliphatic carbocycles. The molecule has 1 aromatic heterocycles. The number of amides is 2. The third-order valence-electron chi connectivity index (χ3n) is 3.42. The van der Waals surface area contributed by atoms with Gasteiger partial charge in [0.15, 0.2) is 0 Å². The van der Waals surface area contributed by atoms with Gasteiger partial charge >= 0.3 is 0 Å². The summed E-state index contributed by atoms with van der Waals surface area (Å²) in [5.41, 5.74) is 2.19. The Morgan fingerprint density at radius 3 is 2.79 bits per heavy atom. The van der Waals surface area contributed by atoms with E-state index in [2.05, 4.69) is 10.3 Å². The Kier molecular flexibility index (Phi) is 2.67. The molecule has 0 saturated carbocycles. The lowest BCUT2D eigenvalue weighted by Crippen LogP contribution is -2.39. The Balaban J connectivity index is 1.99. The molecule has 1 fully saturated rings. The molecule has 1 atom stereocenters. The Morgan fingerprint density at radius 2 is 2.05 bits per heavy atom. The summed E-state index contributed by atoms with van der Waals surface area (Å²) in [4.78, 5) is 36.8. The number of nitrogens with one attached hydrogen (secondary N) is 2. The number of aromatic nitrogens is 1. The minimum atomic E-state index is -0.329. The number of piperidine rings is 1. The Morgan fingerprint density at radius 1 is 1.21 bits per heavy atom. The molecule has 96 valence electrons. The van der Waals surface area contributed by atoms with Crippen molar-refractivity contribution in [3.63, 3.8) is 0 Å². The number of carbonyl (C=O) groups excluding carboxylic acids is 3. The second kappa shape index (κ2) is 4.35. The number of hydrogen-bond donors (Lipinski definition) is 2. The molecule has 2 N–H and O–H groups in total. The molecule has 1 saturated heterocycles. The first-order valence-corrected chi connectivity index (χ1v) is 6.09. The van der Waals surface area contributed by atoms with Gasteiger partial charge in [-0.2, -0.15) is 0 Å². The summed E-state index contributed by atoms with van der Waals surface area (Å²) in [5.74, 6) is -0.816. The lowest BCUT2D eigenvalue weighted by atomic mass is 9.95. The molecule has 0 radical (unpaired) electrons. The normalized spacial score (nSPS) is 19.5. The average Bonchev–Trinajstić information content (AvgIpc) is 2.80. The fraction of sp³-hybridized carbons (Fsp3) is 0.214. The molecule has 2 aromatic rings. The smallest absolute Gasteiger partial charge is 0.235 e. The standard InChI is InChI=1S/C14H12N2O3/c17-7-8-1-2-9-6-12(15-11(9)5-8)10-3-4-13(18)16-14(10)19/h1-2,5-7,10,15H,3-4H2,(H,16,18,19). The van der Waals surface area contributed by atoms with E-state index < -0.39 is 0 Å². The SMILES string of the molecule is O=Cc1ccc2cc(C3CCC(=O)NC3=O)[nH]c2c1. The van der Waals surface area contributed by atoms with Crippen molar-refractivity contribution in [3.05, 3.63) is 35.5 Å². The first-order valence-electron chi connectivity index (χ1n) is 6.09. The summed E-state index contributed by atoms with van der Waals surface area (Å²) in [7, 11) is 0. The monoisotopic (exact) mass is 256 g/mol. The summed E-state index contributed by atoms with van der Waals surface area (Å²) in [6, 6.07) is 7.21. The Labute approximate surface area is 109 Å². The van der Waals surface area contributed by atoms with E-state index in [0.29, 0.717) is 18.4 Å². The predicted octanol–water partition coefficient (Wildman–Crippen LogP) is 1.50. The predicted molar refractivity (Wildman–Crippen MR) is 68.8 cm³/mol. The highest BCUT2D eigenvalue weighted by molar-refractivity contribution is 6.01. The zero-order valence-corrected chi connectivity index (χ0v) is 10.1. The van der Waals surface area contributed by atoms with Crippen LogP contribution in [0.3, 0.4) is 0 Å². The van der Waals surface area contributed by atoms with Crippen molar-refractivity contribution in [2.75, 3.05) is 0 Å². The van der Waals surface area contributed by atoms with Crippen LogP contribution in [-0.2, 0) is 9.59 Å². The van der Waals surface area contributed by atoms with Gasteiger partial charge in [0.1, 0.15) is 6.29 Å². The molecule has 3 rings (SSSR count). The number of H-pyrrole nitrogens is 1. The molecule has 0 bridgehead atoms. The summed E-state index contributed by atoms with van der Waals surface area (Å²) < 4.78 is 0. The van der Waals surface area contributed by atoms with Gasteiger partial charge in [-0.05, 0) is 23.9 Å². The maximum Gasteiger partial charge on any atom is 0.235 e. The van der Waals surface area contributed by atoms with Gasteiger partial charge in [0.25, 0.3) is 0 Å². The number of imide groups is 1. The lowest BCUT2D eigenvalue weighted by molar-refractivity contribution is -0.134. The molecule has 19 heavy (non-hydrogen) atoms. The number of aldehydes is 1. The van der Waals surface area contributed by atoms with Crippen LogP contribution in [0, 0.1) is 0 Å². The van der Waals surface area contributed by atoms with Crippen LogP contribution in [0.4, 0.5) is 0 Å². The molecule has 0 spiro atoms. The molecular formula is C14H12N2O3. The lowest BCUT2D eigenvalue weighted by Gasteiger charge is -2.19. The van der Waals surface area contributed by atoms with Crippen molar-refractivity contribution in [3.8, 4) is 0 Å². The molecule has 5 heteroatoms. The maximum atomic E-state index is 11.8. The molecule has 1 unspecified atom stereocenters. The van der Waals surface area contributed by atoms with E-state index >= 15 is 0 Å². The summed E-state index contributed by atoms with van der Waals surface area (Å²) in [6.45, 7) is 0. The van der Waals surface area contributed by atoms with Crippen LogP contribution in [0.5, 0.6) is 0 Å². The van der Waals surface area contributed by atoms with E-state index in [0.717, 1.165) is 22.9 Å². The quantitative estimate of drug-likeness (QED) is 0.631. The number of benzene rings is 1. The number of carbonyl (C=O) groups is 3. The Bertz CT molecular complexity index is 687. The topological polar surface area (TPSA) is 79.0 Å². The molecule has 1 aliphatic rings. The van der Waals surface area contributed by atoms with Crippen LogP contribution in [-0.4, -0.2) is 23.1 Å². The van der Waals surface area contributed by atoms with Gasteiger partial charge in [-0.1, -0.05) is 12.1 Å². The van der Waals surface area contributed by atoms with E-state index in [9.17, 15) is 14.4 Å². The van der Waals surface area contributed by atoms with E-state index in [1.54, 1.807) is 12.1 Å². The number of aromatic amines is 1. The highest BCUT2D eigenvalue weighted by Gasteiger charge is 2.29. The summed E-state index contributed by atoms with van der Waals surface area (Å²) in [6.07, 6.45) is 1.65. The van der Waals surface area contributed by atoms with Crippen molar-refractivity contribution in [2.24, 2.45) is 0 Å². The third-order valence-corrected chi connectivity index (χ3v) is 3.42. The number of fused-ring (bicyclic) bond motifs is 1. The first-order chi connectivity index (χ1) is 9.17. The van der Waals surface area contributed by atoms with E-state index in [-0.39, 0.29) is 17.7 Å². The van der Waals surface area contributed by atoms with Crippen molar-refractivity contribution in [1.29, 1.82) is 0 Å². The zero-order chi connectivity index (χ0) is 13.4.